The predicted molar refractivity (Wildman–Crippen MR) is 139 cm³/mol. The van der Waals surface area contributed by atoms with Crippen LogP contribution in [0.15, 0.2) is 0 Å². The minimum absolute atomic E-state index is 0.124. The van der Waals surface area contributed by atoms with Crippen molar-refractivity contribution in [2.75, 3.05) is 60.0 Å². The topological polar surface area (TPSA) is 53.1 Å². The Morgan fingerprint density at radius 2 is 1.33 bits per heavy atom. The van der Waals surface area contributed by atoms with E-state index < -0.39 is 0 Å². The van der Waals surface area contributed by atoms with E-state index in [1.165, 1.54) is 0 Å². The highest BCUT2D eigenvalue weighted by atomic mass is 16.5. The molecule has 0 N–H and O–H groups in total. The Kier molecular flexibility index (Phi) is 15.2. The lowest BCUT2D eigenvalue weighted by Crippen LogP contribution is -2.44. The SMILES string of the molecule is CCCCC(=O)N(CCN(C)C)CC(C)(C)COCC(C)(C)CN(CC)C(=O)CCC(C)C. The summed E-state index contributed by atoms with van der Waals surface area (Å²) in [6.45, 7) is 22.0. The zero-order chi connectivity index (χ0) is 25.7. The number of hydrogen-bond donors (Lipinski definition) is 0. The fraction of sp³-hybridized carbons (Fsp3) is 0.926. The van der Waals surface area contributed by atoms with E-state index in [0.717, 1.165) is 38.9 Å². The van der Waals surface area contributed by atoms with Crippen molar-refractivity contribution in [3.8, 4) is 0 Å². The van der Waals surface area contributed by atoms with Crippen molar-refractivity contribution in [1.29, 1.82) is 0 Å². The van der Waals surface area contributed by atoms with Crippen molar-refractivity contribution in [2.45, 2.75) is 87.5 Å². The molecule has 0 atom stereocenters. The van der Waals surface area contributed by atoms with Crippen LogP contribution in [0.2, 0.25) is 0 Å². The van der Waals surface area contributed by atoms with Gasteiger partial charge < -0.3 is 19.4 Å². The largest absolute Gasteiger partial charge is 0.380 e. The van der Waals surface area contributed by atoms with E-state index in [2.05, 4.69) is 53.4 Å². The number of rotatable bonds is 18. The van der Waals surface area contributed by atoms with Crippen LogP contribution in [-0.4, -0.2) is 86.5 Å². The van der Waals surface area contributed by atoms with E-state index in [-0.39, 0.29) is 22.6 Å². The van der Waals surface area contributed by atoms with Crippen LogP contribution in [0.3, 0.4) is 0 Å². The van der Waals surface area contributed by atoms with Gasteiger partial charge in [-0.05, 0) is 39.8 Å². The summed E-state index contributed by atoms with van der Waals surface area (Å²) < 4.78 is 6.19. The van der Waals surface area contributed by atoms with Gasteiger partial charge in [0.1, 0.15) is 0 Å². The zero-order valence-electron chi connectivity index (χ0n) is 23.6. The van der Waals surface area contributed by atoms with E-state index in [1.54, 1.807) is 0 Å². The molecule has 0 aromatic rings. The number of hydrogen-bond acceptors (Lipinski definition) is 4. The van der Waals surface area contributed by atoms with Crippen LogP contribution in [0.25, 0.3) is 0 Å². The third-order valence-corrected chi connectivity index (χ3v) is 5.81. The summed E-state index contributed by atoms with van der Waals surface area (Å²) in [5, 5.41) is 0. The van der Waals surface area contributed by atoms with Crippen LogP contribution in [-0.2, 0) is 14.3 Å². The number of unbranched alkanes of at least 4 members (excludes halogenated alkanes) is 1. The molecule has 0 saturated carbocycles. The third-order valence-electron chi connectivity index (χ3n) is 5.81. The van der Waals surface area contributed by atoms with E-state index in [9.17, 15) is 9.59 Å². The molecule has 0 fully saturated rings. The lowest BCUT2D eigenvalue weighted by Gasteiger charge is -2.36. The number of likely N-dealkylation sites (N-methyl/N-ethyl adjacent to an activating group) is 1. The minimum atomic E-state index is -0.137. The second-order valence-corrected chi connectivity index (χ2v) is 11.9. The fourth-order valence-electron chi connectivity index (χ4n) is 3.77. The van der Waals surface area contributed by atoms with Gasteiger partial charge in [-0.25, -0.2) is 0 Å². The van der Waals surface area contributed by atoms with Gasteiger partial charge in [0, 0.05) is 56.4 Å². The second-order valence-electron chi connectivity index (χ2n) is 11.9. The highest BCUT2D eigenvalue weighted by Crippen LogP contribution is 2.23. The maximum Gasteiger partial charge on any atom is 0.222 e. The van der Waals surface area contributed by atoms with Crippen LogP contribution in [0.4, 0.5) is 0 Å². The molecule has 6 heteroatoms. The molecule has 0 aromatic heterocycles. The first-order valence-corrected chi connectivity index (χ1v) is 13.0. The van der Waals surface area contributed by atoms with E-state index >= 15 is 0 Å². The second kappa shape index (κ2) is 15.7. The van der Waals surface area contributed by atoms with Gasteiger partial charge in [0.05, 0.1) is 13.2 Å². The molecule has 0 rings (SSSR count). The maximum atomic E-state index is 12.8. The smallest absolute Gasteiger partial charge is 0.222 e. The summed E-state index contributed by atoms with van der Waals surface area (Å²) in [6, 6.07) is 0. The molecule has 0 aliphatic carbocycles. The van der Waals surface area contributed by atoms with Crippen molar-refractivity contribution in [1.82, 2.24) is 14.7 Å². The molecule has 2 amide bonds. The average Bonchev–Trinajstić information content (AvgIpc) is 2.70. The quantitative estimate of drug-likeness (QED) is 0.286. The first-order valence-electron chi connectivity index (χ1n) is 13.0. The molecule has 0 heterocycles. The van der Waals surface area contributed by atoms with Gasteiger partial charge in [-0.15, -0.1) is 0 Å². The fourth-order valence-corrected chi connectivity index (χ4v) is 3.77. The molecule has 0 unspecified atom stereocenters. The van der Waals surface area contributed by atoms with Gasteiger partial charge in [-0.1, -0.05) is 54.9 Å². The average molecular weight is 470 g/mol. The Morgan fingerprint density at radius 3 is 1.79 bits per heavy atom. The van der Waals surface area contributed by atoms with Crippen LogP contribution in [0.5, 0.6) is 0 Å². The van der Waals surface area contributed by atoms with Crippen LogP contribution in [0, 0.1) is 16.7 Å². The highest BCUT2D eigenvalue weighted by molar-refractivity contribution is 5.76. The molecule has 0 aromatic carbocycles. The van der Waals surface area contributed by atoms with Crippen molar-refractivity contribution >= 4 is 11.8 Å². The number of nitrogens with zero attached hydrogens (tertiary/aromatic N) is 3. The summed E-state index contributed by atoms with van der Waals surface area (Å²) in [5.74, 6) is 1.02. The standard InChI is InChI=1S/C27H55N3O3/c1-11-13-14-24(31)30(18-17-28(9)10)20-27(7,8)22-33-21-26(5,6)19-29(12-2)25(32)16-15-23(3)4/h23H,11-22H2,1-10H3. The number of ether oxygens (including phenoxy) is 1. The first-order chi connectivity index (χ1) is 15.2. The van der Waals surface area contributed by atoms with Gasteiger partial charge in [0.15, 0.2) is 0 Å². The molecule has 0 spiro atoms. The van der Waals surface area contributed by atoms with Crippen LogP contribution >= 0.6 is 0 Å². The van der Waals surface area contributed by atoms with Crippen molar-refractivity contribution in [3.63, 3.8) is 0 Å². The van der Waals surface area contributed by atoms with Gasteiger partial charge in [0.25, 0.3) is 0 Å². The molecular formula is C27H55N3O3. The first kappa shape index (κ1) is 31.9. The summed E-state index contributed by atoms with van der Waals surface area (Å²) in [6.07, 6.45) is 4.13. The van der Waals surface area contributed by atoms with Crippen LogP contribution < -0.4 is 0 Å². The van der Waals surface area contributed by atoms with Gasteiger partial charge in [0.2, 0.25) is 11.8 Å². The summed E-state index contributed by atoms with van der Waals surface area (Å²) in [5.41, 5.74) is -0.261. The third kappa shape index (κ3) is 15.4. The predicted octanol–water partition coefficient (Wildman–Crippen LogP) is 4.92. The Labute approximate surface area is 205 Å². The molecule has 0 saturated heterocycles. The Hall–Kier alpha value is -1.14. The molecule has 0 bridgehead atoms. The highest BCUT2D eigenvalue weighted by Gasteiger charge is 2.28. The van der Waals surface area contributed by atoms with E-state index in [1.807, 2.05) is 30.8 Å². The van der Waals surface area contributed by atoms with Gasteiger partial charge >= 0.3 is 0 Å². The lowest BCUT2D eigenvalue weighted by molar-refractivity contribution is -0.133. The van der Waals surface area contributed by atoms with E-state index in [4.69, 9.17) is 4.74 Å². The van der Waals surface area contributed by atoms with Gasteiger partial charge in [-0.2, -0.15) is 0 Å². The van der Waals surface area contributed by atoms with E-state index in [0.29, 0.717) is 45.1 Å². The van der Waals surface area contributed by atoms with Crippen molar-refractivity contribution < 1.29 is 14.3 Å². The molecule has 196 valence electrons. The summed E-state index contributed by atoms with van der Waals surface area (Å²) >= 11 is 0. The van der Waals surface area contributed by atoms with Crippen molar-refractivity contribution in [3.05, 3.63) is 0 Å². The summed E-state index contributed by atoms with van der Waals surface area (Å²) in [4.78, 5) is 31.5. The molecule has 0 aliphatic rings. The molecule has 6 nitrogen and oxygen atoms in total. The monoisotopic (exact) mass is 469 g/mol. The van der Waals surface area contributed by atoms with Crippen LogP contribution in [0.1, 0.15) is 87.5 Å². The molecular weight excluding hydrogens is 414 g/mol. The maximum absolute atomic E-state index is 12.8. The number of carbonyl (C=O) groups excluding carboxylic acids is 2. The number of carbonyl (C=O) groups is 2. The Bertz CT molecular complexity index is 559. The van der Waals surface area contributed by atoms with Gasteiger partial charge in [-0.3, -0.25) is 9.59 Å². The number of amides is 2. The Morgan fingerprint density at radius 1 is 0.818 bits per heavy atom. The lowest BCUT2D eigenvalue weighted by atomic mass is 9.91. The van der Waals surface area contributed by atoms with Crippen molar-refractivity contribution in [2.24, 2.45) is 16.7 Å². The molecule has 33 heavy (non-hydrogen) atoms. The normalized spacial score (nSPS) is 12.5. The zero-order valence-corrected chi connectivity index (χ0v) is 23.6. The summed E-state index contributed by atoms with van der Waals surface area (Å²) in [7, 11) is 4.08. The Balaban J connectivity index is 4.82. The molecule has 0 aliphatic heterocycles. The minimum Gasteiger partial charge on any atom is -0.380 e. The molecule has 0 radical (unpaired) electrons.